The van der Waals surface area contributed by atoms with Crippen LogP contribution in [0.15, 0.2) is 0 Å². The number of hydrogen-bond acceptors (Lipinski definition) is 3. The minimum absolute atomic E-state index is 0.134. The molecular formula is C14H27N3O2. The molecule has 1 aliphatic rings. The second-order valence-corrected chi connectivity index (χ2v) is 5.61. The van der Waals surface area contributed by atoms with Gasteiger partial charge in [-0.1, -0.05) is 13.3 Å². The Kier molecular flexibility index (Phi) is 6.28. The van der Waals surface area contributed by atoms with Crippen LogP contribution in [0.3, 0.4) is 0 Å². The van der Waals surface area contributed by atoms with Gasteiger partial charge in [-0.25, -0.2) is 0 Å². The highest BCUT2D eigenvalue weighted by atomic mass is 16.2. The van der Waals surface area contributed by atoms with Crippen molar-refractivity contribution in [3.05, 3.63) is 0 Å². The van der Waals surface area contributed by atoms with Crippen LogP contribution in [0.1, 0.15) is 52.4 Å². The van der Waals surface area contributed by atoms with Crippen LogP contribution in [0.5, 0.6) is 0 Å². The molecule has 1 aliphatic heterocycles. The van der Waals surface area contributed by atoms with E-state index in [9.17, 15) is 9.59 Å². The van der Waals surface area contributed by atoms with E-state index in [0.717, 1.165) is 32.4 Å². The maximum atomic E-state index is 11.9. The van der Waals surface area contributed by atoms with Crippen LogP contribution in [0.2, 0.25) is 0 Å². The standard InChI is InChI=1S/C14H27N3O2/c1-3-8-14(2,15)13(19)16-9-7-12(18)17-10-5-4-6-11-17/h3-11,15H2,1-2H3,(H,16,19). The number of amides is 2. The van der Waals surface area contributed by atoms with Gasteiger partial charge in [-0.2, -0.15) is 0 Å². The summed E-state index contributed by atoms with van der Waals surface area (Å²) in [5.41, 5.74) is 5.09. The van der Waals surface area contributed by atoms with Gasteiger partial charge < -0.3 is 16.0 Å². The van der Waals surface area contributed by atoms with Crippen molar-refractivity contribution in [1.29, 1.82) is 0 Å². The van der Waals surface area contributed by atoms with Crippen LogP contribution in [0.4, 0.5) is 0 Å². The molecule has 2 amide bonds. The Labute approximate surface area is 115 Å². The summed E-state index contributed by atoms with van der Waals surface area (Å²) in [5.74, 6) is -0.0324. The summed E-state index contributed by atoms with van der Waals surface area (Å²) in [7, 11) is 0. The summed E-state index contributed by atoms with van der Waals surface area (Å²) < 4.78 is 0. The van der Waals surface area contributed by atoms with Gasteiger partial charge in [0.05, 0.1) is 5.54 Å². The summed E-state index contributed by atoms with van der Waals surface area (Å²) in [6, 6.07) is 0. The van der Waals surface area contributed by atoms with E-state index in [0.29, 0.717) is 19.4 Å². The van der Waals surface area contributed by atoms with Crippen molar-refractivity contribution in [2.45, 2.75) is 57.9 Å². The number of nitrogens with zero attached hydrogens (tertiary/aromatic N) is 1. The maximum Gasteiger partial charge on any atom is 0.239 e. The number of carbonyl (C=O) groups is 2. The average Bonchev–Trinajstić information content (AvgIpc) is 2.39. The number of nitrogens with one attached hydrogen (secondary N) is 1. The minimum Gasteiger partial charge on any atom is -0.354 e. The van der Waals surface area contributed by atoms with Gasteiger partial charge in [0, 0.05) is 26.1 Å². The second kappa shape index (κ2) is 7.48. The van der Waals surface area contributed by atoms with Gasteiger partial charge >= 0.3 is 0 Å². The van der Waals surface area contributed by atoms with Gasteiger partial charge in [0.1, 0.15) is 0 Å². The predicted octanol–water partition coefficient (Wildman–Crippen LogP) is 1.02. The van der Waals surface area contributed by atoms with Gasteiger partial charge in [-0.3, -0.25) is 9.59 Å². The van der Waals surface area contributed by atoms with Crippen molar-refractivity contribution in [3.63, 3.8) is 0 Å². The van der Waals surface area contributed by atoms with Gasteiger partial charge in [0.2, 0.25) is 11.8 Å². The van der Waals surface area contributed by atoms with Crippen LogP contribution in [0, 0.1) is 0 Å². The molecule has 5 nitrogen and oxygen atoms in total. The highest BCUT2D eigenvalue weighted by molar-refractivity contribution is 5.86. The quantitative estimate of drug-likeness (QED) is 0.756. The lowest BCUT2D eigenvalue weighted by atomic mass is 9.96. The molecular weight excluding hydrogens is 242 g/mol. The van der Waals surface area contributed by atoms with Crippen molar-refractivity contribution in [1.82, 2.24) is 10.2 Å². The molecule has 0 aromatic carbocycles. The smallest absolute Gasteiger partial charge is 0.239 e. The zero-order chi connectivity index (χ0) is 14.3. The van der Waals surface area contributed by atoms with Gasteiger partial charge in [0.25, 0.3) is 0 Å². The first-order chi connectivity index (χ1) is 8.97. The number of carbonyl (C=O) groups excluding carboxylic acids is 2. The lowest BCUT2D eigenvalue weighted by Gasteiger charge is -2.27. The van der Waals surface area contributed by atoms with Crippen LogP contribution in [-0.2, 0) is 9.59 Å². The van der Waals surface area contributed by atoms with E-state index in [1.807, 2.05) is 11.8 Å². The molecule has 0 bridgehead atoms. The van der Waals surface area contributed by atoms with E-state index in [1.165, 1.54) is 6.42 Å². The largest absolute Gasteiger partial charge is 0.354 e. The van der Waals surface area contributed by atoms with Gasteiger partial charge in [-0.05, 0) is 32.6 Å². The van der Waals surface area contributed by atoms with Crippen molar-refractivity contribution in [2.24, 2.45) is 5.73 Å². The predicted molar refractivity (Wildman–Crippen MR) is 75.6 cm³/mol. The van der Waals surface area contributed by atoms with Crippen molar-refractivity contribution in [3.8, 4) is 0 Å². The fourth-order valence-electron chi connectivity index (χ4n) is 2.42. The number of likely N-dealkylation sites (tertiary alicyclic amines) is 1. The molecule has 5 heteroatoms. The van der Waals surface area contributed by atoms with E-state index >= 15 is 0 Å². The maximum absolute atomic E-state index is 11.9. The lowest BCUT2D eigenvalue weighted by molar-refractivity contribution is -0.132. The number of hydrogen-bond donors (Lipinski definition) is 2. The molecule has 0 spiro atoms. The zero-order valence-corrected chi connectivity index (χ0v) is 12.2. The van der Waals surface area contributed by atoms with Gasteiger partial charge in [0.15, 0.2) is 0 Å². The molecule has 19 heavy (non-hydrogen) atoms. The SMILES string of the molecule is CCCC(C)(N)C(=O)NCCC(=O)N1CCCCC1. The Morgan fingerprint density at radius 3 is 2.47 bits per heavy atom. The molecule has 1 rings (SSSR count). The third-order valence-corrected chi connectivity index (χ3v) is 3.62. The molecule has 0 aromatic rings. The molecule has 1 atom stereocenters. The summed E-state index contributed by atoms with van der Waals surface area (Å²) in [4.78, 5) is 25.6. The first-order valence-corrected chi connectivity index (χ1v) is 7.32. The third kappa shape index (κ3) is 5.19. The second-order valence-electron chi connectivity index (χ2n) is 5.61. The van der Waals surface area contributed by atoms with Crippen LogP contribution >= 0.6 is 0 Å². The Balaban J connectivity index is 2.25. The van der Waals surface area contributed by atoms with E-state index in [1.54, 1.807) is 6.92 Å². The van der Waals surface area contributed by atoms with Crippen molar-refractivity contribution < 1.29 is 9.59 Å². The number of piperidine rings is 1. The van der Waals surface area contributed by atoms with E-state index in [2.05, 4.69) is 5.32 Å². The topological polar surface area (TPSA) is 75.4 Å². The number of rotatable bonds is 6. The Bertz CT molecular complexity index is 310. The molecule has 1 saturated heterocycles. The Morgan fingerprint density at radius 1 is 1.26 bits per heavy atom. The molecule has 1 unspecified atom stereocenters. The molecule has 0 aliphatic carbocycles. The van der Waals surface area contributed by atoms with Crippen LogP contribution in [-0.4, -0.2) is 41.9 Å². The molecule has 0 saturated carbocycles. The fraction of sp³-hybridized carbons (Fsp3) is 0.857. The lowest BCUT2D eigenvalue weighted by Crippen LogP contribution is -2.52. The normalized spacial score (nSPS) is 18.8. The van der Waals surface area contributed by atoms with E-state index in [4.69, 9.17) is 5.73 Å². The molecule has 1 heterocycles. The first kappa shape index (κ1) is 16.0. The molecule has 0 radical (unpaired) electrons. The monoisotopic (exact) mass is 269 g/mol. The molecule has 110 valence electrons. The summed E-state index contributed by atoms with van der Waals surface area (Å²) in [6.07, 6.45) is 5.29. The zero-order valence-electron chi connectivity index (χ0n) is 12.2. The molecule has 1 fully saturated rings. The first-order valence-electron chi connectivity index (χ1n) is 7.32. The highest BCUT2D eigenvalue weighted by Crippen LogP contribution is 2.10. The van der Waals surface area contributed by atoms with E-state index in [-0.39, 0.29) is 11.8 Å². The minimum atomic E-state index is -0.830. The summed E-state index contributed by atoms with van der Waals surface area (Å²) in [6.45, 7) is 5.83. The van der Waals surface area contributed by atoms with Gasteiger partial charge in [-0.15, -0.1) is 0 Å². The summed E-state index contributed by atoms with van der Waals surface area (Å²) in [5, 5.41) is 2.77. The molecule has 0 aromatic heterocycles. The van der Waals surface area contributed by atoms with Crippen molar-refractivity contribution in [2.75, 3.05) is 19.6 Å². The van der Waals surface area contributed by atoms with Crippen LogP contribution < -0.4 is 11.1 Å². The summed E-state index contributed by atoms with van der Waals surface area (Å²) >= 11 is 0. The van der Waals surface area contributed by atoms with E-state index < -0.39 is 5.54 Å². The third-order valence-electron chi connectivity index (χ3n) is 3.62. The van der Waals surface area contributed by atoms with Crippen LogP contribution in [0.25, 0.3) is 0 Å². The molecule has 3 N–H and O–H groups in total. The fourth-order valence-corrected chi connectivity index (χ4v) is 2.42. The number of nitrogens with two attached hydrogens (primary N) is 1. The highest BCUT2D eigenvalue weighted by Gasteiger charge is 2.27. The van der Waals surface area contributed by atoms with Crippen molar-refractivity contribution >= 4 is 11.8 Å². The Hall–Kier alpha value is -1.10. The Morgan fingerprint density at radius 2 is 1.89 bits per heavy atom. The average molecular weight is 269 g/mol.